The number of hydrogen-bond donors (Lipinski definition) is 0. The van der Waals surface area contributed by atoms with E-state index in [1.807, 2.05) is 0 Å². The zero-order chi connectivity index (χ0) is 19.4. The smallest absolute Gasteiger partial charge is 0.543 e. The molecule has 0 aliphatic carbocycles. The number of carbonyl (C=O) groups excluding carboxylic acids is 1. The summed E-state index contributed by atoms with van der Waals surface area (Å²) in [4.78, 5) is 15.1. The molecule has 28 heavy (non-hydrogen) atoms. The summed E-state index contributed by atoms with van der Waals surface area (Å²) in [6, 6.07) is 15.2. The first-order valence-electron chi connectivity index (χ1n) is 7.95. The van der Waals surface area contributed by atoms with E-state index in [0.29, 0.717) is 32.9 Å². The maximum atomic E-state index is 11.0. The second-order valence-electron chi connectivity index (χ2n) is 5.75. The van der Waals surface area contributed by atoms with Crippen molar-refractivity contribution in [3.8, 4) is 5.75 Å². The number of rotatable bonds is 6. The summed E-state index contributed by atoms with van der Waals surface area (Å²) in [6.07, 6.45) is 0.353. The molecule has 3 aromatic rings. The van der Waals surface area contributed by atoms with Gasteiger partial charge >= 0.3 is 29.6 Å². The van der Waals surface area contributed by atoms with Crippen LogP contribution in [0.15, 0.2) is 54.6 Å². The van der Waals surface area contributed by atoms with Crippen molar-refractivity contribution in [2.24, 2.45) is 0 Å². The molecule has 3 rings (SSSR count). The molecule has 2 aromatic carbocycles. The first-order chi connectivity index (χ1) is 12.9. The van der Waals surface area contributed by atoms with Crippen LogP contribution >= 0.6 is 34.8 Å². The van der Waals surface area contributed by atoms with Crippen molar-refractivity contribution in [2.45, 2.75) is 13.0 Å². The Hall–Kier alpha value is -1.27. The molecule has 1 aromatic heterocycles. The van der Waals surface area contributed by atoms with Crippen molar-refractivity contribution >= 4 is 40.8 Å². The van der Waals surface area contributed by atoms with Crippen LogP contribution in [-0.4, -0.2) is 11.0 Å². The topological polar surface area (TPSA) is 62.2 Å². The fourth-order valence-electron chi connectivity index (χ4n) is 2.51. The molecule has 0 saturated heterocycles. The maximum Gasteiger partial charge on any atom is 1.00 e. The van der Waals surface area contributed by atoms with Gasteiger partial charge in [-0.3, -0.25) is 4.98 Å². The van der Waals surface area contributed by atoms with Gasteiger partial charge in [0, 0.05) is 38.3 Å². The van der Waals surface area contributed by atoms with Gasteiger partial charge in [0.25, 0.3) is 0 Å². The van der Waals surface area contributed by atoms with E-state index < -0.39 is 5.97 Å². The van der Waals surface area contributed by atoms with E-state index in [2.05, 4.69) is 4.98 Å². The zero-order valence-electron chi connectivity index (χ0n) is 14.9. The van der Waals surface area contributed by atoms with Crippen molar-refractivity contribution in [3.05, 3.63) is 92.2 Å². The summed E-state index contributed by atoms with van der Waals surface area (Å²) in [5.74, 6) is -0.720. The molecule has 0 fully saturated rings. The monoisotopic (exact) mass is 443 g/mol. The molecule has 0 bridgehead atoms. The molecule has 0 spiro atoms. The average molecular weight is 445 g/mol. The predicted molar refractivity (Wildman–Crippen MR) is 104 cm³/mol. The average Bonchev–Trinajstić information content (AvgIpc) is 2.62. The summed E-state index contributed by atoms with van der Waals surface area (Å²) < 4.78 is 5.91. The normalized spacial score (nSPS) is 10.2. The van der Waals surface area contributed by atoms with Crippen LogP contribution in [0.5, 0.6) is 5.75 Å². The van der Waals surface area contributed by atoms with Gasteiger partial charge in [0.1, 0.15) is 12.4 Å². The van der Waals surface area contributed by atoms with Gasteiger partial charge in [-0.15, -0.1) is 0 Å². The van der Waals surface area contributed by atoms with Crippen LogP contribution in [-0.2, 0) is 13.0 Å². The van der Waals surface area contributed by atoms with E-state index in [-0.39, 0.29) is 41.9 Å². The van der Waals surface area contributed by atoms with E-state index >= 15 is 0 Å². The third kappa shape index (κ3) is 6.11. The molecule has 0 amide bonds. The number of hydrogen-bond acceptors (Lipinski definition) is 4. The van der Waals surface area contributed by atoms with Gasteiger partial charge < -0.3 is 14.6 Å². The number of ether oxygens (including phenoxy) is 1. The Morgan fingerprint density at radius 3 is 2.39 bits per heavy atom. The molecule has 0 aliphatic heterocycles. The van der Waals surface area contributed by atoms with E-state index in [1.165, 1.54) is 6.07 Å². The molecule has 0 saturated carbocycles. The Bertz CT molecular complexity index is 998. The van der Waals surface area contributed by atoms with Crippen LogP contribution in [0, 0.1) is 0 Å². The quantitative estimate of drug-likeness (QED) is 0.542. The summed E-state index contributed by atoms with van der Waals surface area (Å²) in [5, 5.41) is 12.6. The minimum Gasteiger partial charge on any atom is -0.543 e. The molecule has 0 radical (unpaired) electrons. The Morgan fingerprint density at radius 1 is 0.964 bits per heavy atom. The van der Waals surface area contributed by atoms with Crippen molar-refractivity contribution < 1.29 is 44.2 Å². The Labute approximate surface area is 199 Å². The molecule has 0 N–H and O–H groups in total. The third-order valence-electron chi connectivity index (χ3n) is 3.81. The van der Waals surface area contributed by atoms with Crippen molar-refractivity contribution in [1.29, 1.82) is 0 Å². The van der Waals surface area contributed by atoms with Crippen LogP contribution < -0.4 is 39.4 Å². The first-order valence-corrected chi connectivity index (χ1v) is 9.08. The van der Waals surface area contributed by atoms with Crippen molar-refractivity contribution in [3.63, 3.8) is 0 Å². The molecule has 0 atom stereocenters. The van der Waals surface area contributed by atoms with Gasteiger partial charge in [-0.1, -0.05) is 46.9 Å². The zero-order valence-corrected chi connectivity index (χ0v) is 19.2. The van der Waals surface area contributed by atoms with Crippen LogP contribution in [0.3, 0.4) is 0 Å². The van der Waals surface area contributed by atoms with Crippen molar-refractivity contribution in [1.82, 2.24) is 4.98 Å². The van der Waals surface area contributed by atoms with Gasteiger partial charge in [-0.05, 0) is 42.5 Å². The summed E-state index contributed by atoms with van der Waals surface area (Å²) in [7, 11) is 0. The number of carbonyl (C=O) groups is 1. The second kappa shape index (κ2) is 10.5. The van der Waals surface area contributed by atoms with E-state index in [0.717, 1.165) is 11.1 Å². The number of carboxylic acids is 1. The maximum absolute atomic E-state index is 11.0. The number of nitrogens with zero attached hydrogens (tertiary/aromatic N) is 1. The summed E-state index contributed by atoms with van der Waals surface area (Å²) in [6.45, 7) is 0.247. The van der Waals surface area contributed by atoms with Gasteiger partial charge in [-0.25, -0.2) is 0 Å². The number of benzene rings is 2. The van der Waals surface area contributed by atoms with Crippen LogP contribution in [0.2, 0.25) is 15.1 Å². The van der Waals surface area contributed by atoms with Crippen LogP contribution in [0.25, 0.3) is 0 Å². The van der Waals surface area contributed by atoms with Crippen LogP contribution in [0.1, 0.15) is 27.3 Å². The molecule has 0 unspecified atom stereocenters. The molecule has 138 valence electrons. The Balaban J connectivity index is 0.00000280. The number of aromatic carboxylic acids is 1. The molecular weight excluding hydrogens is 432 g/mol. The molecular formula is C20H13Cl3NNaO3. The summed E-state index contributed by atoms with van der Waals surface area (Å²) >= 11 is 18.2. The first kappa shape index (κ1) is 23.0. The molecule has 4 nitrogen and oxygen atoms in total. The standard InChI is InChI=1S/C20H14Cl3NO3.Na/c21-14-6-7-19(27-11-12-4-5-15(22)10-17(12)23)13(8-14)9-16-2-1-3-18(24-16)20(25)26;/h1-8,10H,9,11H2,(H,25,26);/q;+1/p-1. The van der Waals surface area contributed by atoms with E-state index in [1.54, 1.807) is 48.5 Å². The number of halogens is 3. The molecule has 0 aliphatic rings. The molecule has 1 heterocycles. The fourth-order valence-corrected chi connectivity index (χ4v) is 3.17. The fraction of sp³-hybridized carbons (Fsp3) is 0.100. The molecule has 8 heteroatoms. The third-order valence-corrected chi connectivity index (χ3v) is 4.63. The second-order valence-corrected chi connectivity index (χ2v) is 7.03. The van der Waals surface area contributed by atoms with E-state index in [4.69, 9.17) is 39.5 Å². The van der Waals surface area contributed by atoms with Crippen molar-refractivity contribution in [2.75, 3.05) is 0 Å². The predicted octanol–water partition coefficient (Wildman–Crippen LogP) is 1.58. The van der Waals surface area contributed by atoms with E-state index in [9.17, 15) is 9.90 Å². The van der Waals surface area contributed by atoms with Gasteiger partial charge in [0.15, 0.2) is 0 Å². The van der Waals surface area contributed by atoms with Gasteiger partial charge in [0.05, 0.1) is 11.7 Å². The SMILES string of the molecule is O=C([O-])c1cccc(Cc2cc(Cl)ccc2OCc2ccc(Cl)cc2Cl)n1.[Na+]. The number of pyridine rings is 1. The Kier molecular flexibility index (Phi) is 8.62. The number of aromatic nitrogens is 1. The van der Waals surface area contributed by atoms with Gasteiger partial charge in [0.2, 0.25) is 0 Å². The number of carboxylic acid groups (broad SMARTS) is 1. The minimum absolute atomic E-state index is 0. The largest absolute Gasteiger partial charge is 1.00 e. The minimum atomic E-state index is -1.32. The Morgan fingerprint density at radius 2 is 1.68 bits per heavy atom. The van der Waals surface area contributed by atoms with Crippen LogP contribution in [0.4, 0.5) is 0 Å². The van der Waals surface area contributed by atoms with Gasteiger partial charge in [-0.2, -0.15) is 0 Å². The summed E-state index contributed by atoms with van der Waals surface area (Å²) in [5.41, 5.74) is 2.01.